The maximum Gasteiger partial charge on any atom is 0.270 e. The van der Waals surface area contributed by atoms with Crippen LogP contribution in [-0.2, 0) is 5.92 Å². The minimum atomic E-state index is -2.81. The number of aromatic amines is 1. The van der Waals surface area contributed by atoms with E-state index in [-0.39, 0.29) is 11.1 Å². The van der Waals surface area contributed by atoms with Crippen LogP contribution in [0.25, 0.3) is 0 Å². The topological polar surface area (TPSA) is 52.2 Å². The number of anilines is 1. The maximum atomic E-state index is 13.5. The molecule has 1 aromatic carbocycles. The number of piperazine rings is 1. The molecule has 0 saturated carbocycles. The maximum absolute atomic E-state index is 13.5. The van der Waals surface area contributed by atoms with Crippen LogP contribution in [0.3, 0.4) is 0 Å². The van der Waals surface area contributed by atoms with Crippen molar-refractivity contribution in [2.24, 2.45) is 0 Å². The second-order valence-corrected chi connectivity index (χ2v) is 8.25. The molecule has 1 aromatic heterocycles. The number of rotatable bonds is 7. The standard InChI is InChI=1S/C20H26F2N4OS/c1-15-14-23-19(24-18(15)27)28-12-4-7-25-8-10-26(11-9-25)17-6-3-5-16(13-17)20(2,21)22/h3,5-6,13-14H,4,7-12H2,1-2H3,(H,23,24,27). The van der Waals surface area contributed by atoms with Gasteiger partial charge in [-0.25, -0.2) is 13.8 Å². The SMILES string of the molecule is Cc1cnc(SCCCN2CCN(c3cccc(C(C)(F)F)c3)CC2)[nH]c1=O. The van der Waals surface area contributed by atoms with E-state index in [2.05, 4.69) is 19.8 Å². The number of alkyl halides is 2. The summed E-state index contributed by atoms with van der Waals surface area (Å²) in [4.78, 5) is 23.1. The number of H-pyrrole nitrogens is 1. The smallest absolute Gasteiger partial charge is 0.270 e. The lowest BCUT2D eigenvalue weighted by Gasteiger charge is -2.36. The van der Waals surface area contributed by atoms with E-state index in [0.717, 1.165) is 57.5 Å². The van der Waals surface area contributed by atoms with Crippen LogP contribution in [-0.4, -0.2) is 53.3 Å². The molecule has 2 heterocycles. The van der Waals surface area contributed by atoms with Crippen molar-refractivity contribution in [3.05, 3.63) is 51.9 Å². The fourth-order valence-corrected chi connectivity index (χ4v) is 3.94. The molecule has 3 rings (SSSR count). The van der Waals surface area contributed by atoms with E-state index < -0.39 is 5.92 Å². The molecule has 0 atom stereocenters. The van der Waals surface area contributed by atoms with Crippen molar-refractivity contribution in [1.82, 2.24) is 14.9 Å². The van der Waals surface area contributed by atoms with E-state index in [0.29, 0.717) is 10.7 Å². The van der Waals surface area contributed by atoms with Gasteiger partial charge in [-0.1, -0.05) is 23.9 Å². The molecule has 2 aromatic rings. The summed E-state index contributed by atoms with van der Waals surface area (Å²) >= 11 is 1.56. The number of halogens is 2. The van der Waals surface area contributed by atoms with Crippen molar-refractivity contribution in [2.75, 3.05) is 43.4 Å². The highest BCUT2D eigenvalue weighted by atomic mass is 32.2. The number of hydrogen-bond acceptors (Lipinski definition) is 5. The molecule has 1 fully saturated rings. The third kappa shape index (κ3) is 5.54. The van der Waals surface area contributed by atoms with Gasteiger partial charge in [0.25, 0.3) is 11.5 Å². The molecule has 0 spiro atoms. The summed E-state index contributed by atoms with van der Waals surface area (Å²) in [6.45, 7) is 7.14. The van der Waals surface area contributed by atoms with Gasteiger partial charge < -0.3 is 9.88 Å². The summed E-state index contributed by atoms with van der Waals surface area (Å²) in [6.07, 6.45) is 2.60. The van der Waals surface area contributed by atoms with Crippen LogP contribution in [0, 0.1) is 6.92 Å². The van der Waals surface area contributed by atoms with Crippen molar-refractivity contribution in [1.29, 1.82) is 0 Å². The molecule has 5 nitrogen and oxygen atoms in total. The Hall–Kier alpha value is -1.93. The van der Waals surface area contributed by atoms with Crippen molar-refractivity contribution in [3.8, 4) is 0 Å². The van der Waals surface area contributed by atoms with Crippen LogP contribution < -0.4 is 10.5 Å². The molecule has 0 amide bonds. The van der Waals surface area contributed by atoms with Crippen molar-refractivity contribution in [2.45, 2.75) is 31.3 Å². The molecule has 1 N–H and O–H groups in total. The molecule has 0 bridgehead atoms. The monoisotopic (exact) mass is 408 g/mol. The first-order chi connectivity index (χ1) is 13.3. The number of hydrogen-bond donors (Lipinski definition) is 1. The quantitative estimate of drug-likeness (QED) is 0.432. The molecule has 0 radical (unpaired) electrons. The van der Waals surface area contributed by atoms with E-state index in [1.54, 1.807) is 37.0 Å². The highest BCUT2D eigenvalue weighted by Gasteiger charge is 2.25. The largest absolute Gasteiger partial charge is 0.369 e. The van der Waals surface area contributed by atoms with E-state index in [4.69, 9.17) is 0 Å². The van der Waals surface area contributed by atoms with Crippen molar-refractivity contribution in [3.63, 3.8) is 0 Å². The van der Waals surface area contributed by atoms with E-state index >= 15 is 0 Å². The summed E-state index contributed by atoms with van der Waals surface area (Å²) in [7, 11) is 0. The van der Waals surface area contributed by atoms with Gasteiger partial charge in [0, 0.05) is 61.9 Å². The minimum absolute atomic E-state index is 0.0622. The van der Waals surface area contributed by atoms with Crippen LogP contribution in [0.4, 0.5) is 14.5 Å². The Bertz CT molecular complexity index is 845. The second-order valence-electron chi connectivity index (χ2n) is 7.17. The lowest BCUT2D eigenvalue weighted by Crippen LogP contribution is -2.46. The zero-order valence-electron chi connectivity index (χ0n) is 16.3. The minimum Gasteiger partial charge on any atom is -0.369 e. The molecule has 0 unspecified atom stereocenters. The second kappa shape index (κ2) is 9.05. The summed E-state index contributed by atoms with van der Waals surface area (Å²) < 4.78 is 27.1. The third-order valence-corrected chi connectivity index (χ3v) is 5.88. The lowest BCUT2D eigenvalue weighted by molar-refractivity contribution is 0.0175. The van der Waals surface area contributed by atoms with Crippen LogP contribution in [0.15, 0.2) is 40.4 Å². The van der Waals surface area contributed by atoms with Crippen LogP contribution in [0.1, 0.15) is 24.5 Å². The number of thioether (sulfide) groups is 1. The summed E-state index contributed by atoms with van der Waals surface area (Å²) in [5, 5.41) is 0.660. The molecule has 1 saturated heterocycles. The fourth-order valence-electron chi connectivity index (χ4n) is 3.18. The van der Waals surface area contributed by atoms with Gasteiger partial charge in [-0.2, -0.15) is 0 Å². The van der Waals surface area contributed by atoms with Gasteiger partial charge in [-0.15, -0.1) is 0 Å². The van der Waals surface area contributed by atoms with Crippen LogP contribution in [0.5, 0.6) is 0 Å². The highest BCUT2D eigenvalue weighted by Crippen LogP contribution is 2.30. The number of nitrogens with one attached hydrogen (secondary N) is 1. The van der Waals surface area contributed by atoms with Crippen molar-refractivity contribution < 1.29 is 8.78 Å². The Morgan fingerprint density at radius 1 is 1.25 bits per heavy atom. The Morgan fingerprint density at radius 3 is 2.68 bits per heavy atom. The lowest BCUT2D eigenvalue weighted by atomic mass is 10.1. The van der Waals surface area contributed by atoms with E-state index in [1.165, 1.54) is 6.07 Å². The number of aromatic nitrogens is 2. The van der Waals surface area contributed by atoms with Gasteiger partial charge in [-0.05, 0) is 32.0 Å². The van der Waals surface area contributed by atoms with Gasteiger partial charge in [0.1, 0.15) is 0 Å². The highest BCUT2D eigenvalue weighted by molar-refractivity contribution is 7.99. The fraction of sp³-hybridized carbons (Fsp3) is 0.500. The third-order valence-electron chi connectivity index (χ3n) is 4.90. The summed E-state index contributed by atoms with van der Waals surface area (Å²) in [5.41, 5.74) is 1.46. The predicted molar refractivity (Wildman–Crippen MR) is 110 cm³/mol. The van der Waals surface area contributed by atoms with Gasteiger partial charge in [0.2, 0.25) is 0 Å². The Balaban J connectivity index is 1.42. The van der Waals surface area contributed by atoms with Gasteiger partial charge in [-0.3, -0.25) is 9.69 Å². The molecule has 0 aliphatic carbocycles. The zero-order chi connectivity index (χ0) is 20.1. The number of nitrogens with zero attached hydrogens (tertiary/aromatic N) is 3. The van der Waals surface area contributed by atoms with Crippen molar-refractivity contribution >= 4 is 17.4 Å². The van der Waals surface area contributed by atoms with E-state index in [9.17, 15) is 13.6 Å². The Kier molecular flexibility index (Phi) is 6.72. The molecular weight excluding hydrogens is 382 g/mol. The molecular formula is C20H26F2N4OS. The molecule has 28 heavy (non-hydrogen) atoms. The number of benzene rings is 1. The van der Waals surface area contributed by atoms with E-state index in [1.807, 2.05) is 6.07 Å². The van der Waals surface area contributed by atoms with Gasteiger partial charge in [0.15, 0.2) is 5.16 Å². The zero-order valence-corrected chi connectivity index (χ0v) is 17.1. The average Bonchev–Trinajstić information content (AvgIpc) is 2.68. The predicted octanol–water partition coefficient (Wildman–Crippen LogP) is 3.49. The summed E-state index contributed by atoms with van der Waals surface area (Å²) in [5.74, 6) is -1.92. The first kappa shape index (κ1) is 20.8. The Labute approximate surface area is 168 Å². The number of aryl methyl sites for hydroxylation is 1. The first-order valence-electron chi connectivity index (χ1n) is 9.47. The van der Waals surface area contributed by atoms with Crippen LogP contribution in [0.2, 0.25) is 0 Å². The Morgan fingerprint density at radius 2 is 2.00 bits per heavy atom. The molecule has 1 aliphatic rings. The molecule has 8 heteroatoms. The normalized spacial score (nSPS) is 15.8. The van der Waals surface area contributed by atoms with Gasteiger partial charge >= 0.3 is 0 Å². The summed E-state index contributed by atoms with van der Waals surface area (Å²) in [6, 6.07) is 6.68. The first-order valence-corrected chi connectivity index (χ1v) is 10.5. The average molecular weight is 409 g/mol. The molecule has 152 valence electrons. The van der Waals surface area contributed by atoms with Crippen LogP contribution >= 0.6 is 11.8 Å². The van der Waals surface area contributed by atoms with Gasteiger partial charge in [0.05, 0.1) is 0 Å². The molecule has 1 aliphatic heterocycles.